The maximum absolute atomic E-state index is 13.1. The van der Waals surface area contributed by atoms with Gasteiger partial charge < -0.3 is 9.80 Å². The second-order valence-electron chi connectivity index (χ2n) is 10.0. The lowest BCUT2D eigenvalue weighted by atomic mass is 9.97. The summed E-state index contributed by atoms with van der Waals surface area (Å²) in [5, 5.41) is 5.90. The number of fused-ring (bicyclic) bond motifs is 1. The van der Waals surface area contributed by atoms with Gasteiger partial charge in [0.1, 0.15) is 0 Å². The van der Waals surface area contributed by atoms with Crippen LogP contribution in [-0.2, 0) is 11.2 Å². The number of carbonyl (C=O) groups excluding carboxylic acids is 1. The fourth-order valence-corrected chi connectivity index (χ4v) is 5.98. The van der Waals surface area contributed by atoms with E-state index < -0.39 is 0 Å². The molecule has 0 spiro atoms. The molecule has 0 saturated carbocycles. The fourth-order valence-electron chi connectivity index (χ4n) is 5.98. The number of nitrogens with zero attached hydrogens (tertiary/aromatic N) is 5. The predicted molar refractivity (Wildman–Crippen MR) is 136 cm³/mol. The van der Waals surface area contributed by atoms with E-state index in [2.05, 4.69) is 35.8 Å². The van der Waals surface area contributed by atoms with Crippen molar-refractivity contribution in [1.82, 2.24) is 24.6 Å². The van der Waals surface area contributed by atoms with E-state index in [1.807, 2.05) is 29.8 Å². The standard InChI is InChI=1S/C28H37N5O/c1-20-25(12-13-26(34)32-18-14-23(15-19-32)31-16-8-5-9-17-31)21(2)29-28-27(20)22(3)30-33(28)24-10-6-4-7-11-24/h4,6-7,10-11,23H,5,8-9,12-19H2,1-3H3. The van der Waals surface area contributed by atoms with Crippen molar-refractivity contribution in [2.45, 2.75) is 71.8 Å². The van der Waals surface area contributed by atoms with Gasteiger partial charge in [0.15, 0.2) is 5.65 Å². The molecule has 5 rings (SSSR count). The Hall–Kier alpha value is -2.73. The monoisotopic (exact) mass is 459 g/mol. The van der Waals surface area contributed by atoms with Crippen molar-refractivity contribution in [3.05, 3.63) is 52.8 Å². The number of carbonyl (C=O) groups is 1. The van der Waals surface area contributed by atoms with Crippen LogP contribution >= 0.6 is 0 Å². The molecule has 2 aromatic heterocycles. The first kappa shape index (κ1) is 23.0. The number of likely N-dealkylation sites (tertiary alicyclic amines) is 2. The Bertz CT molecular complexity index is 1150. The van der Waals surface area contributed by atoms with Gasteiger partial charge in [0, 0.05) is 36.6 Å². The van der Waals surface area contributed by atoms with Crippen LogP contribution < -0.4 is 0 Å². The van der Waals surface area contributed by atoms with Crippen LogP contribution in [0.1, 0.15) is 61.0 Å². The molecule has 3 aromatic rings. The lowest BCUT2D eigenvalue weighted by Gasteiger charge is -2.40. The van der Waals surface area contributed by atoms with Crippen molar-refractivity contribution in [3.8, 4) is 5.69 Å². The van der Waals surface area contributed by atoms with Crippen molar-refractivity contribution in [2.24, 2.45) is 0 Å². The molecule has 0 aliphatic carbocycles. The Morgan fingerprint density at radius 1 is 0.941 bits per heavy atom. The van der Waals surface area contributed by atoms with Crippen molar-refractivity contribution in [2.75, 3.05) is 26.2 Å². The maximum atomic E-state index is 13.1. The second kappa shape index (κ2) is 9.87. The second-order valence-corrected chi connectivity index (χ2v) is 10.0. The molecule has 6 nitrogen and oxygen atoms in total. The SMILES string of the molecule is Cc1nc2c(c(C)nn2-c2ccccc2)c(C)c1CCC(=O)N1CCC(N2CCCCC2)CC1. The Labute approximate surface area is 203 Å². The molecule has 1 amide bonds. The summed E-state index contributed by atoms with van der Waals surface area (Å²) in [5.74, 6) is 0.285. The van der Waals surface area contributed by atoms with Crippen LogP contribution in [0.4, 0.5) is 0 Å². The molecule has 0 unspecified atom stereocenters. The molecule has 2 saturated heterocycles. The summed E-state index contributed by atoms with van der Waals surface area (Å²) >= 11 is 0. The van der Waals surface area contributed by atoms with Gasteiger partial charge in [0.25, 0.3) is 0 Å². The van der Waals surface area contributed by atoms with Crippen LogP contribution in [0, 0.1) is 20.8 Å². The average Bonchev–Trinajstić information content (AvgIpc) is 3.21. The van der Waals surface area contributed by atoms with E-state index >= 15 is 0 Å². The zero-order valence-electron chi connectivity index (χ0n) is 20.9. The number of benzene rings is 1. The molecular formula is C28H37N5O. The molecule has 2 fully saturated rings. The molecule has 34 heavy (non-hydrogen) atoms. The molecule has 4 heterocycles. The van der Waals surface area contributed by atoms with Gasteiger partial charge in [0.05, 0.1) is 11.4 Å². The highest BCUT2D eigenvalue weighted by molar-refractivity contribution is 5.85. The third kappa shape index (κ3) is 4.48. The summed E-state index contributed by atoms with van der Waals surface area (Å²) in [6.45, 7) is 10.6. The van der Waals surface area contributed by atoms with Crippen molar-refractivity contribution in [1.29, 1.82) is 0 Å². The van der Waals surface area contributed by atoms with Crippen molar-refractivity contribution in [3.63, 3.8) is 0 Å². The number of pyridine rings is 1. The molecular weight excluding hydrogens is 422 g/mol. The number of hydrogen-bond donors (Lipinski definition) is 0. The normalized spacial score (nSPS) is 18.0. The minimum absolute atomic E-state index is 0.285. The zero-order valence-corrected chi connectivity index (χ0v) is 20.9. The largest absolute Gasteiger partial charge is 0.343 e. The molecule has 0 atom stereocenters. The van der Waals surface area contributed by atoms with Crippen LogP contribution in [0.2, 0.25) is 0 Å². The Morgan fingerprint density at radius 3 is 2.35 bits per heavy atom. The summed E-state index contributed by atoms with van der Waals surface area (Å²) in [6.07, 6.45) is 7.57. The third-order valence-corrected chi connectivity index (χ3v) is 7.89. The number of hydrogen-bond acceptors (Lipinski definition) is 4. The summed E-state index contributed by atoms with van der Waals surface area (Å²) in [4.78, 5) is 22.8. The van der Waals surface area contributed by atoms with E-state index in [0.717, 1.165) is 60.5 Å². The minimum atomic E-state index is 0.285. The van der Waals surface area contributed by atoms with Crippen LogP contribution in [0.5, 0.6) is 0 Å². The highest BCUT2D eigenvalue weighted by Crippen LogP contribution is 2.29. The van der Waals surface area contributed by atoms with Crippen molar-refractivity contribution < 1.29 is 4.79 Å². The van der Waals surface area contributed by atoms with Gasteiger partial charge in [-0.25, -0.2) is 9.67 Å². The van der Waals surface area contributed by atoms with E-state index in [4.69, 9.17) is 10.1 Å². The molecule has 2 aliphatic heterocycles. The number of aryl methyl sites for hydroxylation is 3. The summed E-state index contributed by atoms with van der Waals surface area (Å²) in [6, 6.07) is 10.8. The first-order valence-corrected chi connectivity index (χ1v) is 13.0. The quantitative estimate of drug-likeness (QED) is 0.552. The Kier molecular flexibility index (Phi) is 6.68. The smallest absolute Gasteiger partial charge is 0.222 e. The average molecular weight is 460 g/mol. The zero-order chi connectivity index (χ0) is 23.7. The van der Waals surface area contributed by atoms with Crippen molar-refractivity contribution >= 4 is 16.9 Å². The third-order valence-electron chi connectivity index (χ3n) is 7.89. The molecule has 180 valence electrons. The van der Waals surface area contributed by atoms with Crippen LogP contribution in [0.25, 0.3) is 16.7 Å². The van der Waals surface area contributed by atoms with E-state index in [-0.39, 0.29) is 5.91 Å². The van der Waals surface area contributed by atoms with Gasteiger partial charge in [-0.15, -0.1) is 0 Å². The van der Waals surface area contributed by atoms with Gasteiger partial charge in [-0.1, -0.05) is 24.6 Å². The molecule has 2 aliphatic rings. The van der Waals surface area contributed by atoms with Crippen LogP contribution in [0.15, 0.2) is 30.3 Å². The molecule has 6 heteroatoms. The van der Waals surface area contributed by atoms with E-state index in [0.29, 0.717) is 12.5 Å². The van der Waals surface area contributed by atoms with Gasteiger partial charge in [-0.05, 0) is 89.2 Å². The lowest BCUT2D eigenvalue weighted by molar-refractivity contribution is -0.132. The Morgan fingerprint density at radius 2 is 1.65 bits per heavy atom. The first-order chi connectivity index (χ1) is 16.5. The minimum Gasteiger partial charge on any atom is -0.343 e. The van der Waals surface area contributed by atoms with E-state index in [1.54, 1.807) is 0 Å². The molecule has 0 radical (unpaired) electrons. The summed E-state index contributed by atoms with van der Waals surface area (Å²) in [7, 11) is 0. The summed E-state index contributed by atoms with van der Waals surface area (Å²) in [5.41, 5.74) is 6.30. The molecule has 0 N–H and O–H groups in total. The van der Waals surface area contributed by atoms with Gasteiger partial charge >= 0.3 is 0 Å². The van der Waals surface area contributed by atoms with Crippen LogP contribution in [0.3, 0.4) is 0 Å². The van der Waals surface area contributed by atoms with E-state index in [9.17, 15) is 4.79 Å². The van der Waals surface area contributed by atoms with Crippen LogP contribution in [-0.4, -0.2) is 62.7 Å². The number of rotatable bonds is 5. The molecule has 1 aromatic carbocycles. The topological polar surface area (TPSA) is 54.3 Å². The lowest BCUT2D eigenvalue weighted by Crippen LogP contribution is -2.48. The Balaban J connectivity index is 1.27. The fraction of sp³-hybridized carbons (Fsp3) is 0.536. The highest BCUT2D eigenvalue weighted by Gasteiger charge is 2.27. The predicted octanol–water partition coefficient (Wildman–Crippen LogP) is 4.76. The van der Waals surface area contributed by atoms with E-state index in [1.165, 1.54) is 43.5 Å². The van der Waals surface area contributed by atoms with Gasteiger partial charge in [-0.3, -0.25) is 4.79 Å². The highest BCUT2D eigenvalue weighted by atomic mass is 16.2. The molecule has 0 bridgehead atoms. The number of para-hydroxylation sites is 1. The number of piperidine rings is 2. The number of aromatic nitrogens is 3. The summed E-state index contributed by atoms with van der Waals surface area (Å²) < 4.78 is 1.94. The maximum Gasteiger partial charge on any atom is 0.222 e. The first-order valence-electron chi connectivity index (χ1n) is 13.0. The van der Waals surface area contributed by atoms with Gasteiger partial charge in [0.2, 0.25) is 5.91 Å². The van der Waals surface area contributed by atoms with Gasteiger partial charge in [-0.2, -0.15) is 5.10 Å². The number of amides is 1.